The van der Waals surface area contributed by atoms with Gasteiger partial charge in [0.25, 0.3) is 0 Å². The molecule has 0 saturated carbocycles. The first-order valence-electron chi connectivity index (χ1n) is 8.00. The molecule has 0 aliphatic heterocycles. The lowest BCUT2D eigenvalue weighted by Gasteiger charge is -2.10. The van der Waals surface area contributed by atoms with Crippen LogP contribution in [0.5, 0.6) is 0 Å². The number of carbonyl (C=O) groups is 1. The highest BCUT2D eigenvalue weighted by Crippen LogP contribution is 2.08. The summed E-state index contributed by atoms with van der Waals surface area (Å²) >= 11 is 0. The second kappa shape index (κ2) is 13.4. The fraction of sp³-hybridized carbons (Fsp3) is 0.500. The van der Waals surface area contributed by atoms with Crippen LogP contribution in [0.4, 0.5) is 4.79 Å². The van der Waals surface area contributed by atoms with E-state index >= 15 is 0 Å². The van der Waals surface area contributed by atoms with E-state index in [1.807, 2.05) is 18.2 Å². The summed E-state index contributed by atoms with van der Waals surface area (Å²) in [5.41, 5.74) is 1.44. The molecule has 1 aliphatic carbocycles. The molecule has 0 atom stereocenters. The van der Waals surface area contributed by atoms with Crippen LogP contribution in [0.1, 0.15) is 12.8 Å². The molecule has 0 fully saturated rings. The number of hydrogen-bond donors (Lipinski definition) is 2. The van der Waals surface area contributed by atoms with Gasteiger partial charge in [-0.15, -0.1) is 6.42 Å². The lowest BCUT2D eigenvalue weighted by molar-refractivity contribution is 0.0259. The number of amides is 2. The molecule has 0 heterocycles. The van der Waals surface area contributed by atoms with Crippen LogP contribution in [0.15, 0.2) is 35.6 Å². The van der Waals surface area contributed by atoms with Gasteiger partial charge >= 0.3 is 6.03 Å². The lowest BCUT2D eigenvalue weighted by Crippen LogP contribution is -2.36. The van der Waals surface area contributed by atoms with Gasteiger partial charge in [-0.3, -0.25) is 0 Å². The first-order chi connectivity index (χ1) is 11.8. The largest absolute Gasteiger partial charge is 0.382 e. The molecule has 0 unspecified atom stereocenters. The van der Waals surface area contributed by atoms with E-state index in [9.17, 15) is 4.79 Å². The summed E-state index contributed by atoms with van der Waals surface area (Å²) in [6, 6.07) is -0.279. The van der Waals surface area contributed by atoms with Gasteiger partial charge in [-0.1, -0.05) is 24.1 Å². The fourth-order valence-electron chi connectivity index (χ4n) is 1.87. The predicted molar refractivity (Wildman–Crippen MR) is 93.4 cm³/mol. The van der Waals surface area contributed by atoms with Crippen molar-refractivity contribution in [3.63, 3.8) is 0 Å². The summed E-state index contributed by atoms with van der Waals surface area (Å²) in [5.74, 6) is 2.58. The molecule has 1 rings (SSSR count). The van der Waals surface area contributed by atoms with Gasteiger partial charge in [0.1, 0.15) is 0 Å². The van der Waals surface area contributed by atoms with Crippen molar-refractivity contribution < 1.29 is 19.0 Å². The van der Waals surface area contributed by atoms with Crippen LogP contribution in [0, 0.1) is 12.3 Å². The molecular formula is C18H26N2O4. The Morgan fingerprint density at radius 3 is 2.71 bits per heavy atom. The molecule has 1 aliphatic rings. The Kier molecular flexibility index (Phi) is 11.1. The number of carbonyl (C=O) groups excluding carboxylic acids is 1. The number of nitrogens with one attached hydrogen (secondary N) is 2. The standard InChI is InChI=1S/C18H26N2O4/c1-3-16-7-5-4-6-8-17(15-16)20-18(21)19-9-10-23-13-14-24-12-11-22-2/h1,5,7-8,15H,4,6,9-14H2,2H3,(H2,19,20,21). The number of ether oxygens (including phenoxy) is 3. The van der Waals surface area contributed by atoms with Gasteiger partial charge in [0.05, 0.1) is 33.0 Å². The lowest BCUT2D eigenvalue weighted by atomic mass is 10.1. The zero-order valence-electron chi connectivity index (χ0n) is 14.2. The quantitative estimate of drug-likeness (QED) is 0.472. The minimum Gasteiger partial charge on any atom is -0.382 e. The third-order valence-electron chi connectivity index (χ3n) is 3.07. The normalized spacial score (nSPS) is 14.0. The van der Waals surface area contributed by atoms with Gasteiger partial charge < -0.3 is 24.8 Å². The Balaban J connectivity index is 2.15. The Bertz CT molecular complexity index is 504. The zero-order chi connectivity index (χ0) is 17.5. The minimum atomic E-state index is -0.279. The third-order valence-corrected chi connectivity index (χ3v) is 3.07. The van der Waals surface area contributed by atoms with E-state index in [4.69, 9.17) is 20.6 Å². The van der Waals surface area contributed by atoms with Crippen LogP contribution in [0.25, 0.3) is 0 Å². The number of allylic oxidation sites excluding steroid dienone is 5. The monoisotopic (exact) mass is 334 g/mol. The van der Waals surface area contributed by atoms with Crippen LogP contribution in [0.3, 0.4) is 0 Å². The first-order valence-corrected chi connectivity index (χ1v) is 8.00. The van der Waals surface area contributed by atoms with Crippen LogP contribution in [-0.4, -0.2) is 52.7 Å². The Hall–Kier alpha value is -2.07. The van der Waals surface area contributed by atoms with Crippen LogP contribution in [0.2, 0.25) is 0 Å². The molecule has 2 amide bonds. The fourth-order valence-corrected chi connectivity index (χ4v) is 1.87. The van der Waals surface area contributed by atoms with Gasteiger partial charge in [-0.2, -0.15) is 0 Å². The summed E-state index contributed by atoms with van der Waals surface area (Å²) < 4.78 is 15.5. The van der Waals surface area contributed by atoms with Crippen molar-refractivity contribution in [2.45, 2.75) is 12.8 Å². The van der Waals surface area contributed by atoms with Gasteiger partial charge in [0.15, 0.2) is 0 Å². The minimum absolute atomic E-state index is 0.279. The highest BCUT2D eigenvalue weighted by atomic mass is 16.5. The summed E-state index contributed by atoms with van der Waals surface area (Å²) in [6.45, 7) is 2.96. The third kappa shape index (κ3) is 9.85. The van der Waals surface area contributed by atoms with Crippen molar-refractivity contribution in [1.29, 1.82) is 0 Å². The van der Waals surface area contributed by atoms with E-state index in [-0.39, 0.29) is 6.03 Å². The molecule has 24 heavy (non-hydrogen) atoms. The summed E-state index contributed by atoms with van der Waals surface area (Å²) in [5, 5.41) is 5.52. The van der Waals surface area contributed by atoms with Gasteiger partial charge in [0, 0.05) is 24.9 Å². The van der Waals surface area contributed by atoms with Crippen LogP contribution < -0.4 is 10.6 Å². The highest BCUT2D eigenvalue weighted by Gasteiger charge is 2.03. The molecular weight excluding hydrogens is 308 g/mol. The van der Waals surface area contributed by atoms with Crippen LogP contribution >= 0.6 is 0 Å². The van der Waals surface area contributed by atoms with Crippen molar-refractivity contribution in [2.24, 2.45) is 0 Å². The molecule has 0 bridgehead atoms. The molecule has 2 N–H and O–H groups in total. The number of terminal acetylenes is 1. The highest BCUT2D eigenvalue weighted by molar-refractivity contribution is 5.76. The molecule has 0 saturated heterocycles. The number of methoxy groups -OCH3 is 1. The molecule has 0 spiro atoms. The van der Waals surface area contributed by atoms with Crippen molar-refractivity contribution >= 4 is 6.03 Å². The number of hydrogen-bond acceptors (Lipinski definition) is 4. The summed E-state index contributed by atoms with van der Waals surface area (Å²) in [7, 11) is 1.63. The second-order valence-electron chi connectivity index (χ2n) is 4.98. The van der Waals surface area contributed by atoms with Crippen molar-refractivity contribution in [1.82, 2.24) is 10.6 Å². The molecule has 0 aromatic rings. The van der Waals surface area contributed by atoms with Crippen LogP contribution in [-0.2, 0) is 14.2 Å². The van der Waals surface area contributed by atoms with Gasteiger partial charge in [-0.25, -0.2) is 4.79 Å². The maximum Gasteiger partial charge on any atom is 0.319 e. The van der Waals surface area contributed by atoms with Gasteiger partial charge in [0.2, 0.25) is 0 Å². The zero-order valence-corrected chi connectivity index (χ0v) is 14.2. The molecule has 0 aromatic carbocycles. The van der Waals surface area contributed by atoms with E-state index in [1.54, 1.807) is 13.2 Å². The van der Waals surface area contributed by atoms with E-state index in [0.29, 0.717) is 45.3 Å². The number of urea groups is 1. The Morgan fingerprint density at radius 1 is 1.21 bits per heavy atom. The van der Waals surface area contributed by atoms with Crippen molar-refractivity contribution in [2.75, 3.05) is 46.7 Å². The topological polar surface area (TPSA) is 68.8 Å². The van der Waals surface area contributed by atoms with E-state index < -0.39 is 0 Å². The molecule has 0 aromatic heterocycles. The maximum absolute atomic E-state index is 11.9. The summed E-state index contributed by atoms with van der Waals surface area (Å²) in [6.07, 6.45) is 14.8. The van der Waals surface area contributed by atoms with Crippen molar-refractivity contribution in [3.05, 3.63) is 35.6 Å². The van der Waals surface area contributed by atoms with E-state index in [2.05, 4.69) is 16.6 Å². The van der Waals surface area contributed by atoms with Crippen molar-refractivity contribution in [3.8, 4) is 12.3 Å². The average Bonchev–Trinajstić information content (AvgIpc) is 2.55. The molecule has 0 radical (unpaired) electrons. The Morgan fingerprint density at radius 2 is 1.96 bits per heavy atom. The number of rotatable bonds is 10. The van der Waals surface area contributed by atoms with E-state index in [0.717, 1.165) is 18.4 Å². The maximum atomic E-state index is 11.9. The second-order valence-corrected chi connectivity index (χ2v) is 4.98. The first kappa shape index (κ1) is 20.0. The SMILES string of the molecule is C#CC1=CC(NC(=O)NCCOCCOCCOC)=CCCC=C1. The average molecular weight is 334 g/mol. The predicted octanol–water partition coefficient (Wildman–Crippen LogP) is 1.76. The summed E-state index contributed by atoms with van der Waals surface area (Å²) in [4.78, 5) is 11.9. The van der Waals surface area contributed by atoms with Gasteiger partial charge in [-0.05, 0) is 18.9 Å². The molecule has 132 valence electrons. The molecule has 6 heteroatoms. The van der Waals surface area contributed by atoms with E-state index in [1.165, 1.54) is 0 Å². The Labute approximate surface area is 143 Å². The molecule has 6 nitrogen and oxygen atoms in total. The smallest absolute Gasteiger partial charge is 0.319 e.